The van der Waals surface area contributed by atoms with E-state index in [1.165, 1.54) is 12.1 Å². The molecule has 1 fully saturated rings. The Balaban J connectivity index is 1.32. The van der Waals surface area contributed by atoms with Crippen LogP contribution in [0.5, 0.6) is 11.5 Å². The number of amides is 2. The van der Waals surface area contributed by atoms with Crippen LogP contribution in [0, 0.1) is 5.82 Å². The molecule has 0 radical (unpaired) electrons. The zero-order valence-corrected chi connectivity index (χ0v) is 16.4. The van der Waals surface area contributed by atoms with Crippen molar-refractivity contribution in [1.82, 2.24) is 9.80 Å². The van der Waals surface area contributed by atoms with Crippen LogP contribution in [0.3, 0.4) is 0 Å². The fourth-order valence-electron chi connectivity index (χ4n) is 3.49. The Hall–Kier alpha value is -2.80. The largest absolute Gasteiger partial charge is 0.485 e. The van der Waals surface area contributed by atoms with Gasteiger partial charge in [-0.15, -0.1) is 0 Å². The third-order valence-electron chi connectivity index (χ3n) is 5.12. The van der Waals surface area contributed by atoms with Gasteiger partial charge in [0.1, 0.15) is 12.4 Å². The molecule has 1 saturated heterocycles. The van der Waals surface area contributed by atoms with Gasteiger partial charge in [0.15, 0.2) is 11.5 Å². The SMILES string of the molecule is O=C(Cc1c(F)cccc1Cl)N1CCN(C(=O)C2COc3ccccc3O2)CC1. The molecule has 2 aliphatic heterocycles. The van der Waals surface area contributed by atoms with Crippen LogP contribution in [0.15, 0.2) is 42.5 Å². The number of carbonyl (C=O) groups excluding carboxylic acids is 2. The topological polar surface area (TPSA) is 59.1 Å². The summed E-state index contributed by atoms with van der Waals surface area (Å²) < 4.78 is 25.3. The first-order valence-electron chi connectivity index (χ1n) is 9.41. The molecule has 0 spiro atoms. The number of nitrogens with zero attached hydrogens (tertiary/aromatic N) is 2. The van der Waals surface area contributed by atoms with E-state index in [4.69, 9.17) is 21.1 Å². The second-order valence-electron chi connectivity index (χ2n) is 6.95. The summed E-state index contributed by atoms with van der Waals surface area (Å²) in [5.74, 6) is 0.305. The second-order valence-corrected chi connectivity index (χ2v) is 7.35. The zero-order valence-electron chi connectivity index (χ0n) is 15.6. The van der Waals surface area contributed by atoms with E-state index in [9.17, 15) is 14.0 Å². The normalized spacial score (nSPS) is 18.5. The summed E-state index contributed by atoms with van der Waals surface area (Å²) in [6, 6.07) is 11.6. The molecule has 6 nitrogen and oxygen atoms in total. The first-order valence-corrected chi connectivity index (χ1v) is 9.78. The lowest BCUT2D eigenvalue weighted by Crippen LogP contribution is -2.55. The number of piperazine rings is 1. The van der Waals surface area contributed by atoms with Gasteiger partial charge in [0.2, 0.25) is 12.0 Å². The van der Waals surface area contributed by atoms with Gasteiger partial charge in [-0.3, -0.25) is 9.59 Å². The number of benzene rings is 2. The van der Waals surface area contributed by atoms with E-state index < -0.39 is 11.9 Å². The first-order chi connectivity index (χ1) is 14.0. The minimum atomic E-state index is -0.704. The van der Waals surface area contributed by atoms with Gasteiger partial charge in [-0.2, -0.15) is 0 Å². The molecule has 0 N–H and O–H groups in total. The summed E-state index contributed by atoms with van der Waals surface area (Å²) in [5, 5.41) is 0.238. The van der Waals surface area contributed by atoms with Gasteiger partial charge in [0, 0.05) is 36.8 Å². The monoisotopic (exact) mass is 418 g/mol. The summed E-state index contributed by atoms with van der Waals surface area (Å²) in [5.41, 5.74) is 0.198. The molecule has 0 saturated carbocycles. The van der Waals surface area contributed by atoms with Crippen LogP contribution in [0.25, 0.3) is 0 Å². The third kappa shape index (κ3) is 4.15. The standard InChI is InChI=1S/C21H20ClFN2O4/c22-15-4-3-5-16(23)14(15)12-20(26)24-8-10-25(11-9-24)21(27)19-13-28-17-6-1-2-7-18(17)29-19/h1-7,19H,8-13H2. The molecule has 29 heavy (non-hydrogen) atoms. The highest BCUT2D eigenvalue weighted by atomic mass is 35.5. The number of ether oxygens (including phenoxy) is 2. The predicted octanol–water partition coefficient (Wildman–Crippen LogP) is 2.53. The van der Waals surface area contributed by atoms with E-state index in [2.05, 4.69) is 0 Å². The lowest BCUT2D eigenvalue weighted by molar-refractivity contribution is -0.146. The van der Waals surface area contributed by atoms with Gasteiger partial charge in [0.05, 0.1) is 6.42 Å². The highest BCUT2D eigenvalue weighted by molar-refractivity contribution is 6.31. The lowest BCUT2D eigenvalue weighted by Gasteiger charge is -2.37. The van der Waals surface area contributed by atoms with Crippen molar-refractivity contribution in [1.29, 1.82) is 0 Å². The van der Waals surface area contributed by atoms with Gasteiger partial charge in [0.25, 0.3) is 5.91 Å². The molecule has 1 atom stereocenters. The molecule has 2 aromatic rings. The van der Waals surface area contributed by atoms with E-state index in [-0.39, 0.29) is 35.4 Å². The molecule has 0 aliphatic carbocycles. The van der Waals surface area contributed by atoms with Crippen LogP contribution in [-0.2, 0) is 16.0 Å². The Bertz CT molecular complexity index is 910. The Morgan fingerprint density at radius 1 is 1.00 bits per heavy atom. The van der Waals surface area contributed by atoms with E-state index >= 15 is 0 Å². The molecule has 8 heteroatoms. The first kappa shape index (κ1) is 19.5. The van der Waals surface area contributed by atoms with Crippen molar-refractivity contribution in [2.75, 3.05) is 32.8 Å². The summed E-state index contributed by atoms with van der Waals surface area (Å²) in [7, 11) is 0. The van der Waals surface area contributed by atoms with Crippen molar-refractivity contribution in [3.05, 3.63) is 58.9 Å². The Labute approximate surface area is 172 Å². The minimum absolute atomic E-state index is 0.101. The molecule has 2 aromatic carbocycles. The summed E-state index contributed by atoms with van der Waals surface area (Å²) >= 11 is 6.01. The van der Waals surface area contributed by atoms with Gasteiger partial charge in [-0.05, 0) is 24.3 Å². The molecule has 4 rings (SSSR count). The number of carbonyl (C=O) groups is 2. The zero-order chi connectivity index (χ0) is 20.4. The Kier molecular flexibility index (Phi) is 5.58. The van der Waals surface area contributed by atoms with E-state index in [1.54, 1.807) is 28.0 Å². The van der Waals surface area contributed by atoms with Gasteiger partial charge < -0.3 is 19.3 Å². The summed E-state index contributed by atoms with van der Waals surface area (Å²) in [6.45, 7) is 1.68. The summed E-state index contributed by atoms with van der Waals surface area (Å²) in [6.07, 6.45) is -0.806. The van der Waals surface area contributed by atoms with Gasteiger partial charge >= 0.3 is 0 Å². The van der Waals surface area contributed by atoms with E-state index in [1.807, 2.05) is 12.1 Å². The Morgan fingerprint density at radius 3 is 2.41 bits per heavy atom. The molecule has 152 valence electrons. The highest BCUT2D eigenvalue weighted by Gasteiger charge is 2.33. The fraction of sp³-hybridized carbons (Fsp3) is 0.333. The van der Waals surface area contributed by atoms with Crippen LogP contribution in [0.2, 0.25) is 5.02 Å². The Morgan fingerprint density at radius 2 is 1.69 bits per heavy atom. The smallest absolute Gasteiger partial charge is 0.267 e. The van der Waals surface area contributed by atoms with E-state index in [0.29, 0.717) is 37.7 Å². The predicted molar refractivity (Wildman–Crippen MR) is 105 cm³/mol. The van der Waals surface area contributed by atoms with Crippen molar-refractivity contribution in [3.63, 3.8) is 0 Å². The van der Waals surface area contributed by atoms with Crippen molar-refractivity contribution in [2.45, 2.75) is 12.5 Å². The highest BCUT2D eigenvalue weighted by Crippen LogP contribution is 2.31. The maximum Gasteiger partial charge on any atom is 0.267 e. The third-order valence-corrected chi connectivity index (χ3v) is 5.47. The number of hydrogen-bond donors (Lipinski definition) is 0. The van der Waals surface area contributed by atoms with Crippen molar-refractivity contribution in [3.8, 4) is 11.5 Å². The molecule has 2 amide bonds. The lowest BCUT2D eigenvalue weighted by atomic mass is 10.1. The van der Waals surface area contributed by atoms with Crippen LogP contribution in [0.4, 0.5) is 4.39 Å². The van der Waals surface area contributed by atoms with Crippen molar-refractivity contribution >= 4 is 23.4 Å². The van der Waals surface area contributed by atoms with Crippen LogP contribution in [0.1, 0.15) is 5.56 Å². The van der Waals surface area contributed by atoms with E-state index in [0.717, 1.165) is 0 Å². The quantitative estimate of drug-likeness (QED) is 0.768. The average molecular weight is 419 g/mol. The molecular formula is C21H20ClFN2O4. The number of halogens is 2. The molecule has 2 heterocycles. The van der Waals surface area contributed by atoms with Crippen LogP contribution < -0.4 is 9.47 Å². The minimum Gasteiger partial charge on any atom is -0.485 e. The number of fused-ring (bicyclic) bond motifs is 1. The number of rotatable bonds is 3. The molecule has 1 unspecified atom stereocenters. The van der Waals surface area contributed by atoms with Crippen LogP contribution in [-0.4, -0.2) is 60.5 Å². The van der Waals surface area contributed by atoms with Crippen molar-refractivity contribution < 1.29 is 23.5 Å². The van der Waals surface area contributed by atoms with Gasteiger partial charge in [-0.25, -0.2) is 4.39 Å². The number of hydrogen-bond acceptors (Lipinski definition) is 4. The van der Waals surface area contributed by atoms with Crippen molar-refractivity contribution in [2.24, 2.45) is 0 Å². The molecular weight excluding hydrogens is 399 g/mol. The maximum atomic E-state index is 13.9. The molecule has 2 aliphatic rings. The molecule has 0 aromatic heterocycles. The average Bonchev–Trinajstić information content (AvgIpc) is 2.75. The van der Waals surface area contributed by atoms with Crippen LogP contribution >= 0.6 is 11.6 Å². The maximum absolute atomic E-state index is 13.9. The fourth-order valence-corrected chi connectivity index (χ4v) is 3.72. The number of para-hydroxylation sites is 2. The second kappa shape index (κ2) is 8.29. The summed E-state index contributed by atoms with van der Waals surface area (Å²) in [4.78, 5) is 28.6. The molecule has 0 bridgehead atoms. The van der Waals surface area contributed by atoms with Gasteiger partial charge in [-0.1, -0.05) is 29.8 Å².